The van der Waals surface area contributed by atoms with Crippen LogP contribution in [0.5, 0.6) is 0 Å². The number of rotatable bonds is 4. The molecule has 0 heterocycles. The van der Waals surface area contributed by atoms with E-state index in [4.69, 9.17) is 0 Å². The molecule has 0 fully saturated rings. The summed E-state index contributed by atoms with van der Waals surface area (Å²) in [5.74, 6) is 0.0986. The lowest BCUT2D eigenvalue weighted by Gasteiger charge is -2.20. The lowest BCUT2D eigenvalue weighted by Crippen LogP contribution is -2.42. The number of carbonyl (C=O) groups is 2. The zero-order valence-corrected chi connectivity index (χ0v) is 8.18. The Morgan fingerprint density at radius 2 is 1.83 bits per heavy atom. The van der Waals surface area contributed by atoms with Gasteiger partial charge >= 0.3 is 0 Å². The Labute approximate surface area is 73.5 Å². The van der Waals surface area contributed by atoms with E-state index < -0.39 is 0 Å². The number of hydrogen-bond acceptors (Lipinski definition) is 2. The van der Waals surface area contributed by atoms with Crippen molar-refractivity contribution in [2.75, 3.05) is 0 Å². The fourth-order valence-electron chi connectivity index (χ4n) is 1.10. The molecule has 0 aromatic carbocycles. The summed E-state index contributed by atoms with van der Waals surface area (Å²) in [7, 11) is 0. The minimum absolute atomic E-state index is 0.0274. The van der Waals surface area contributed by atoms with Crippen molar-refractivity contribution in [1.82, 2.24) is 5.32 Å². The number of amides is 1. The number of nitrogens with one attached hydrogen (secondary N) is 1. The van der Waals surface area contributed by atoms with Gasteiger partial charge in [-0.3, -0.25) is 9.59 Å². The molecule has 0 radical (unpaired) electrons. The lowest BCUT2D eigenvalue weighted by molar-refractivity contribution is -0.126. The van der Waals surface area contributed by atoms with E-state index in [1.165, 1.54) is 13.8 Å². The minimum Gasteiger partial charge on any atom is -0.346 e. The Balaban J connectivity index is 4.22. The van der Waals surface area contributed by atoms with Gasteiger partial charge in [0.05, 0.1) is 6.04 Å². The van der Waals surface area contributed by atoms with Gasteiger partial charge in [0, 0.05) is 6.92 Å². The summed E-state index contributed by atoms with van der Waals surface area (Å²) in [4.78, 5) is 21.8. The number of Topliss-reactive ketones (excluding diaryl/α,β-unsaturated/α-hetero) is 1. The molecule has 0 aromatic rings. The third-order valence-corrected chi connectivity index (χ3v) is 2.01. The van der Waals surface area contributed by atoms with Crippen LogP contribution in [0.4, 0.5) is 0 Å². The first-order chi connectivity index (χ1) is 5.49. The van der Waals surface area contributed by atoms with Gasteiger partial charge in [0.15, 0.2) is 5.78 Å². The maximum Gasteiger partial charge on any atom is 0.217 e. The highest BCUT2D eigenvalue weighted by Crippen LogP contribution is 2.08. The highest BCUT2D eigenvalue weighted by molar-refractivity contribution is 5.86. The van der Waals surface area contributed by atoms with Crippen LogP contribution < -0.4 is 5.32 Å². The van der Waals surface area contributed by atoms with Gasteiger partial charge in [0.2, 0.25) is 5.91 Å². The molecule has 70 valence electrons. The minimum atomic E-state index is -0.313. The molecule has 0 saturated heterocycles. The van der Waals surface area contributed by atoms with Crippen molar-refractivity contribution in [2.45, 2.75) is 40.2 Å². The van der Waals surface area contributed by atoms with Crippen LogP contribution in [-0.2, 0) is 9.59 Å². The summed E-state index contributed by atoms with van der Waals surface area (Å²) in [6.07, 6.45) is 0.893. The summed E-state index contributed by atoms with van der Waals surface area (Å²) in [6.45, 7) is 6.90. The van der Waals surface area contributed by atoms with Gasteiger partial charge in [0.25, 0.3) is 0 Å². The molecule has 0 aliphatic carbocycles. The van der Waals surface area contributed by atoms with Gasteiger partial charge in [-0.25, -0.2) is 0 Å². The van der Waals surface area contributed by atoms with Crippen LogP contribution in [0.2, 0.25) is 0 Å². The second-order valence-electron chi connectivity index (χ2n) is 3.17. The normalized spacial score (nSPS) is 15.0. The Morgan fingerprint density at radius 1 is 1.33 bits per heavy atom. The van der Waals surface area contributed by atoms with Crippen molar-refractivity contribution < 1.29 is 9.59 Å². The molecule has 12 heavy (non-hydrogen) atoms. The van der Waals surface area contributed by atoms with Crippen molar-refractivity contribution in [3.05, 3.63) is 0 Å². The Kier molecular flexibility index (Phi) is 4.55. The monoisotopic (exact) mass is 171 g/mol. The van der Waals surface area contributed by atoms with Crippen LogP contribution in [-0.4, -0.2) is 17.7 Å². The average molecular weight is 171 g/mol. The molecule has 3 heteroatoms. The van der Waals surface area contributed by atoms with Crippen molar-refractivity contribution in [2.24, 2.45) is 5.92 Å². The van der Waals surface area contributed by atoms with Gasteiger partial charge < -0.3 is 5.32 Å². The molecule has 0 spiro atoms. The van der Waals surface area contributed by atoms with Gasteiger partial charge in [0.1, 0.15) is 0 Å². The van der Waals surface area contributed by atoms with Gasteiger partial charge in [-0.05, 0) is 12.8 Å². The maximum absolute atomic E-state index is 11.1. The van der Waals surface area contributed by atoms with E-state index in [1.807, 2.05) is 13.8 Å². The summed E-state index contributed by atoms with van der Waals surface area (Å²) >= 11 is 0. The smallest absolute Gasteiger partial charge is 0.217 e. The second kappa shape index (κ2) is 4.91. The number of carbonyl (C=O) groups excluding carboxylic acids is 2. The summed E-state index contributed by atoms with van der Waals surface area (Å²) in [5.41, 5.74) is 0. The number of hydrogen-bond donors (Lipinski definition) is 1. The first-order valence-electron chi connectivity index (χ1n) is 4.26. The zero-order chi connectivity index (χ0) is 9.72. The van der Waals surface area contributed by atoms with Crippen LogP contribution in [0.15, 0.2) is 0 Å². The summed E-state index contributed by atoms with van der Waals surface area (Å²) in [5, 5.41) is 2.64. The van der Waals surface area contributed by atoms with Crippen LogP contribution in [0, 0.1) is 5.92 Å². The highest BCUT2D eigenvalue weighted by atomic mass is 16.2. The molecule has 0 unspecified atom stereocenters. The Morgan fingerprint density at radius 3 is 2.08 bits per heavy atom. The second-order valence-corrected chi connectivity index (χ2v) is 3.17. The molecule has 0 rings (SSSR count). The molecule has 0 aliphatic rings. The maximum atomic E-state index is 11.1. The molecular formula is C9H17NO2. The molecule has 1 N–H and O–H groups in total. The SMILES string of the molecule is CC[C@H](C)[C@H](NC(C)=O)C(C)=O. The molecule has 1 amide bonds. The van der Waals surface area contributed by atoms with Crippen LogP contribution in [0.3, 0.4) is 0 Å². The van der Waals surface area contributed by atoms with E-state index in [0.29, 0.717) is 0 Å². The molecule has 2 atom stereocenters. The molecule has 0 aliphatic heterocycles. The van der Waals surface area contributed by atoms with Gasteiger partial charge in [-0.15, -0.1) is 0 Å². The molecule has 0 saturated carbocycles. The number of ketones is 1. The fourth-order valence-corrected chi connectivity index (χ4v) is 1.10. The first kappa shape index (κ1) is 11.1. The van der Waals surface area contributed by atoms with Gasteiger partial charge in [-0.1, -0.05) is 20.3 Å². The third-order valence-electron chi connectivity index (χ3n) is 2.01. The van der Waals surface area contributed by atoms with Crippen LogP contribution in [0.25, 0.3) is 0 Å². The third kappa shape index (κ3) is 3.51. The van der Waals surface area contributed by atoms with Crippen LogP contribution in [0.1, 0.15) is 34.1 Å². The van der Waals surface area contributed by atoms with E-state index in [2.05, 4.69) is 5.32 Å². The average Bonchev–Trinajstić information content (AvgIpc) is 1.98. The first-order valence-corrected chi connectivity index (χ1v) is 4.26. The van der Waals surface area contributed by atoms with E-state index >= 15 is 0 Å². The topological polar surface area (TPSA) is 46.2 Å². The van der Waals surface area contributed by atoms with Gasteiger partial charge in [-0.2, -0.15) is 0 Å². The predicted octanol–water partition coefficient (Wildman–Crippen LogP) is 1.13. The van der Waals surface area contributed by atoms with Crippen molar-refractivity contribution in [3.63, 3.8) is 0 Å². The zero-order valence-electron chi connectivity index (χ0n) is 8.18. The molecule has 0 aromatic heterocycles. The fraction of sp³-hybridized carbons (Fsp3) is 0.778. The summed E-state index contributed by atoms with van der Waals surface area (Å²) < 4.78 is 0. The van der Waals surface area contributed by atoms with Crippen molar-refractivity contribution >= 4 is 11.7 Å². The molecular weight excluding hydrogens is 154 g/mol. The predicted molar refractivity (Wildman–Crippen MR) is 47.7 cm³/mol. The van der Waals surface area contributed by atoms with E-state index in [1.54, 1.807) is 0 Å². The Hall–Kier alpha value is -0.860. The summed E-state index contributed by atoms with van der Waals surface area (Å²) in [6, 6.07) is -0.313. The molecule has 0 bridgehead atoms. The van der Waals surface area contributed by atoms with E-state index in [-0.39, 0.29) is 23.7 Å². The highest BCUT2D eigenvalue weighted by Gasteiger charge is 2.20. The van der Waals surface area contributed by atoms with Crippen molar-refractivity contribution in [3.8, 4) is 0 Å². The molecule has 3 nitrogen and oxygen atoms in total. The lowest BCUT2D eigenvalue weighted by atomic mass is 9.96. The van der Waals surface area contributed by atoms with E-state index in [9.17, 15) is 9.59 Å². The quantitative estimate of drug-likeness (QED) is 0.689. The largest absolute Gasteiger partial charge is 0.346 e. The Bertz CT molecular complexity index is 177. The standard InChI is InChI=1S/C9H17NO2/c1-5-6(2)9(7(3)11)10-8(4)12/h6,9H,5H2,1-4H3,(H,10,12)/t6-,9-/m0/s1. The van der Waals surface area contributed by atoms with Crippen molar-refractivity contribution in [1.29, 1.82) is 0 Å². The van der Waals surface area contributed by atoms with Crippen LogP contribution >= 0.6 is 0 Å². The van der Waals surface area contributed by atoms with E-state index in [0.717, 1.165) is 6.42 Å².